The summed E-state index contributed by atoms with van der Waals surface area (Å²) in [7, 11) is 3.16. The zero-order valence-corrected chi connectivity index (χ0v) is 16.5. The molecular weight excluding hydrogens is 384 g/mol. The number of thiophene rings is 1. The number of carbonyl (C=O) groups is 2. The van der Waals surface area contributed by atoms with E-state index in [1.165, 1.54) is 22.7 Å². The number of nitrogens with zero attached hydrogens (tertiary/aromatic N) is 1. The molecule has 0 spiro atoms. The maximum absolute atomic E-state index is 12.1. The largest absolute Gasteiger partial charge is 0.493 e. The molecule has 3 aromatic rings. The van der Waals surface area contributed by atoms with Crippen molar-refractivity contribution in [1.82, 2.24) is 4.98 Å². The highest BCUT2D eigenvalue weighted by Gasteiger charge is 2.13. The van der Waals surface area contributed by atoms with E-state index in [9.17, 15) is 9.59 Å². The van der Waals surface area contributed by atoms with Crippen LogP contribution in [0.5, 0.6) is 11.5 Å². The van der Waals surface area contributed by atoms with E-state index in [2.05, 4.69) is 10.3 Å². The van der Waals surface area contributed by atoms with E-state index in [0.717, 1.165) is 11.3 Å². The van der Waals surface area contributed by atoms with Gasteiger partial charge in [-0.25, -0.2) is 4.98 Å². The van der Waals surface area contributed by atoms with Crippen molar-refractivity contribution < 1.29 is 19.1 Å². The Bertz CT molecular complexity index is 935. The normalized spacial score (nSPS) is 10.4. The van der Waals surface area contributed by atoms with Crippen LogP contribution in [0.25, 0.3) is 11.3 Å². The van der Waals surface area contributed by atoms with E-state index in [4.69, 9.17) is 9.47 Å². The Morgan fingerprint density at radius 2 is 1.89 bits per heavy atom. The Morgan fingerprint density at radius 3 is 2.59 bits per heavy atom. The van der Waals surface area contributed by atoms with Gasteiger partial charge in [0.2, 0.25) is 5.91 Å². The molecule has 0 bridgehead atoms. The van der Waals surface area contributed by atoms with Crippen LogP contribution in [0.15, 0.2) is 41.1 Å². The van der Waals surface area contributed by atoms with E-state index in [1.807, 2.05) is 35.0 Å². The van der Waals surface area contributed by atoms with Gasteiger partial charge in [0.05, 0.1) is 24.8 Å². The average molecular weight is 402 g/mol. The average Bonchev–Trinajstić information content (AvgIpc) is 3.37. The summed E-state index contributed by atoms with van der Waals surface area (Å²) in [5, 5.41) is 6.94. The summed E-state index contributed by atoms with van der Waals surface area (Å²) in [5.74, 6) is 1.000. The first-order chi connectivity index (χ1) is 13.1. The number of amides is 1. The molecule has 0 unspecified atom stereocenters. The highest BCUT2D eigenvalue weighted by molar-refractivity contribution is 7.14. The molecule has 0 aliphatic heterocycles. The molecule has 0 aliphatic carbocycles. The molecule has 2 heterocycles. The number of ether oxygens (including phenoxy) is 2. The predicted molar refractivity (Wildman–Crippen MR) is 107 cm³/mol. The van der Waals surface area contributed by atoms with Gasteiger partial charge in [-0.1, -0.05) is 6.07 Å². The SMILES string of the molecule is COc1ccc(-c2csc(NC(=O)CCC(=O)c3cccs3)n2)cc1OC. The van der Waals surface area contributed by atoms with Crippen molar-refractivity contribution in [1.29, 1.82) is 0 Å². The number of ketones is 1. The fourth-order valence-electron chi connectivity index (χ4n) is 2.43. The van der Waals surface area contributed by atoms with Crippen molar-refractivity contribution in [3.63, 3.8) is 0 Å². The number of hydrogen-bond donors (Lipinski definition) is 1. The summed E-state index contributed by atoms with van der Waals surface area (Å²) < 4.78 is 10.5. The van der Waals surface area contributed by atoms with E-state index >= 15 is 0 Å². The van der Waals surface area contributed by atoms with Crippen LogP contribution < -0.4 is 14.8 Å². The highest BCUT2D eigenvalue weighted by Crippen LogP contribution is 2.33. The zero-order valence-electron chi connectivity index (χ0n) is 14.9. The molecule has 0 fully saturated rings. The Labute approximate surface area is 164 Å². The summed E-state index contributed by atoms with van der Waals surface area (Å²) in [4.78, 5) is 29.2. The number of hydrogen-bond acceptors (Lipinski definition) is 7. The minimum Gasteiger partial charge on any atom is -0.493 e. The third kappa shape index (κ3) is 4.72. The van der Waals surface area contributed by atoms with Crippen molar-refractivity contribution in [2.45, 2.75) is 12.8 Å². The van der Waals surface area contributed by atoms with Crippen molar-refractivity contribution in [3.8, 4) is 22.8 Å². The van der Waals surface area contributed by atoms with Crippen LogP contribution in [0, 0.1) is 0 Å². The topological polar surface area (TPSA) is 77.5 Å². The lowest BCUT2D eigenvalue weighted by atomic mass is 10.1. The van der Waals surface area contributed by atoms with Crippen LogP contribution in [0.4, 0.5) is 5.13 Å². The number of rotatable bonds is 8. The first kappa shape index (κ1) is 19.1. The lowest BCUT2D eigenvalue weighted by Crippen LogP contribution is -2.13. The maximum atomic E-state index is 12.1. The second-order valence-electron chi connectivity index (χ2n) is 5.56. The monoisotopic (exact) mass is 402 g/mol. The van der Waals surface area contributed by atoms with Gasteiger partial charge in [-0.2, -0.15) is 0 Å². The first-order valence-corrected chi connectivity index (χ1v) is 9.91. The lowest BCUT2D eigenvalue weighted by molar-refractivity contribution is -0.116. The summed E-state index contributed by atoms with van der Waals surface area (Å²) in [6, 6.07) is 9.10. The van der Waals surface area contributed by atoms with Gasteiger partial charge in [0.1, 0.15) is 0 Å². The van der Waals surface area contributed by atoms with E-state index in [0.29, 0.717) is 21.5 Å². The van der Waals surface area contributed by atoms with Crippen LogP contribution >= 0.6 is 22.7 Å². The molecule has 1 aromatic carbocycles. The number of nitrogens with one attached hydrogen (secondary N) is 1. The molecule has 6 nitrogen and oxygen atoms in total. The molecule has 0 saturated heterocycles. The molecule has 8 heteroatoms. The second kappa shape index (κ2) is 8.79. The molecule has 140 valence electrons. The van der Waals surface area contributed by atoms with Crippen LogP contribution in [0.2, 0.25) is 0 Å². The van der Waals surface area contributed by atoms with Gasteiger partial charge in [0.25, 0.3) is 0 Å². The minimum atomic E-state index is -0.229. The number of carbonyl (C=O) groups excluding carboxylic acids is 2. The highest BCUT2D eigenvalue weighted by atomic mass is 32.1. The smallest absolute Gasteiger partial charge is 0.226 e. The van der Waals surface area contributed by atoms with Gasteiger partial charge in [0, 0.05) is 23.8 Å². The summed E-state index contributed by atoms with van der Waals surface area (Å²) >= 11 is 2.71. The molecule has 0 aliphatic rings. The lowest BCUT2D eigenvalue weighted by Gasteiger charge is -2.08. The van der Waals surface area contributed by atoms with E-state index in [-0.39, 0.29) is 24.5 Å². The van der Waals surface area contributed by atoms with E-state index in [1.54, 1.807) is 20.3 Å². The summed E-state index contributed by atoms with van der Waals surface area (Å²) in [6.45, 7) is 0. The van der Waals surface area contributed by atoms with Crippen LogP contribution in [0.1, 0.15) is 22.5 Å². The fraction of sp³-hybridized carbons (Fsp3) is 0.211. The minimum absolute atomic E-state index is 0.0229. The Kier molecular flexibility index (Phi) is 6.20. The van der Waals surface area contributed by atoms with Gasteiger partial charge in [0.15, 0.2) is 22.4 Å². The molecule has 1 N–H and O–H groups in total. The first-order valence-electron chi connectivity index (χ1n) is 8.15. The van der Waals surface area contributed by atoms with E-state index < -0.39 is 0 Å². The van der Waals surface area contributed by atoms with Crippen molar-refractivity contribution >= 4 is 39.5 Å². The van der Waals surface area contributed by atoms with Crippen LogP contribution in [-0.2, 0) is 4.79 Å². The molecule has 2 aromatic heterocycles. The molecule has 0 radical (unpaired) electrons. The van der Waals surface area contributed by atoms with Crippen LogP contribution in [0.3, 0.4) is 0 Å². The fourth-order valence-corrected chi connectivity index (χ4v) is 3.86. The Balaban J connectivity index is 1.60. The van der Waals surface area contributed by atoms with Gasteiger partial charge in [-0.15, -0.1) is 22.7 Å². The number of Topliss-reactive ketones (excluding diaryl/α,β-unsaturated/α-hetero) is 1. The number of anilines is 1. The standard InChI is InChI=1S/C19H18N2O4S2/c1-24-15-7-5-12(10-16(15)25-2)13-11-27-19(20-13)21-18(23)8-6-14(22)17-4-3-9-26-17/h3-5,7,9-11H,6,8H2,1-2H3,(H,20,21,23). The molecule has 27 heavy (non-hydrogen) atoms. The molecule has 0 atom stereocenters. The van der Waals surface area contributed by atoms with Gasteiger partial charge >= 0.3 is 0 Å². The van der Waals surface area contributed by atoms with Gasteiger partial charge < -0.3 is 14.8 Å². The molecule has 3 rings (SSSR count). The quantitative estimate of drug-likeness (QED) is 0.562. The van der Waals surface area contributed by atoms with Crippen molar-refractivity contribution in [2.75, 3.05) is 19.5 Å². The summed E-state index contributed by atoms with van der Waals surface area (Å²) in [6.07, 6.45) is 0.308. The van der Waals surface area contributed by atoms with Crippen molar-refractivity contribution in [2.24, 2.45) is 0 Å². The Hall–Kier alpha value is -2.71. The number of methoxy groups -OCH3 is 2. The third-order valence-corrected chi connectivity index (χ3v) is 5.47. The van der Waals surface area contributed by atoms with Gasteiger partial charge in [-0.3, -0.25) is 9.59 Å². The van der Waals surface area contributed by atoms with Crippen LogP contribution in [-0.4, -0.2) is 30.9 Å². The summed E-state index contributed by atoms with van der Waals surface area (Å²) in [5.41, 5.74) is 1.59. The van der Waals surface area contributed by atoms with Crippen molar-refractivity contribution in [3.05, 3.63) is 46.0 Å². The molecular formula is C19H18N2O4S2. The number of aromatic nitrogens is 1. The molecule has 0 saturated carbocycles. The number of thiazole rings is 1. The van der Waals surface area contributed by atoms with Gasteiger partial charge in [-0.05, 0) is 29.6 Å². The second-order valence-corrected chi connectivity index (χ2v) is 7.36. The number of benzene rings is 1. The molecule has 1 amide bonds. The maximum Gasteiger partial charge on any atom is 0.226 e. The third-order valence-electron chi connectivity index (χ3n) is 3.80. The zero-order chi connectivity index (χ0) is 19.2. The predicted octanol–water partition coefficient (Wildman–Crippen LogP) is 4.49. The Morgan fingerprint density at radius 1 is 1.07 bits per heavy atom.